The number of nitrogens with zero attached hydrogens (tertiary/aromatic N) is 1. The van der Waals surface area contributed by atoms with Gasteiger partial charge in [-0.15, -0.1) is 19.0 Å². The van der Waals surface area contributed by atoms with Crippen molar-refractivity contribution in [1.29, 1.82) is 0 Å². The summed E-state index contributed by atoms with van der Waals surface area (Å²) in [5.41, 5.74) is 3.23. The summed E-state index contributed by atoms with van der Waals surface area (Å²) >= 11 is 0. The summed E-state index contributed by atoms with van der Waals surface area (Å²) in [5.74, 6) is 1.66. The van der Waals surface area contributed by atoms with Gasteiger partial charge >= 0.3 is 0 Å². The highest BCUT2D eigenvalue weighted by atomic mass is 35.5. The van der Waals surface area contributed by atoms with Crippen LogP contribution in [-0.2, 0) is 6.42 Å². The fourth-order valence-electron chi connectivity index (χ4n) is 3.60. The third kappa shape index (κ3) is 2.62. The second kappa shape index (κ2) is 5.90. The Kier molecular flexibility index (Phi) is 4.47. The van der Waals surface area contributed by atoms with Crippen LogP contribution in [0.1, 0.15) is 29.9 Å². The average molecular weight is 264 g/mol. The molecule has 1 heterocycles. The molecule has 0 radical (unpaired) electrons. The molecular formula is C16H22ClN. The zero-order chi connectivity index (χ0) is 11.7. The molecule has 1 aliphatic heterocycles. The normalized spacial score (nSPS) is 26.7. The van der Waals surface area contributed by atoms with Gasteiger partial charge in [-0.2, -0.15) is 0 Å². The molecule has 2 atom stereocenters. The van der Waals surface area contributed by atoms with Crippen LogP contribution in [0.25, 0.3) is 0 Å². The van der Waals surface area contributed by atoms with E-state index in [-0.39, 0.29) is 12.4 Å². The topological polar surface area (TPSA) is 3.24 Å². The minimum absolute atomic E-state index is 0. The molecule has 0 N–H and O–H groups in total. The molecule has 0 amide bonds. The van der Waals surface area contributed by atoms with Gasteiger partial charge in [0, 0.05) is 13.1 Å². The molecule has 3 rings (SSSR count). The Balaban J connectivity index is 0.00000120. The van der Waals surface area contributed by atoms with Crippen LogP contribution in [0.4, 0.5) is 0 Å². The second-order valence-corrected chi connectivity index (χ2v) is 5.54. The van der Waals surface area contributed by atoms with Crippen LogP contribution in [-0.4, -0.2) is 24.5 Å². The molecule has 1 aliphatic carbocycles. The van der Waals surface area contributed by atoms with Crippen LogP contribution < -0.4 is 0 Å². The largest absolute Gasteiger partial charge is 0.299 e. The van der Waals surface area contributed by atoms with Gasteiger partial charge in [-0.25, -0.2) is 0 Å². The Labute approximate surface area is 116 Å². The minimum Gasteiger partial charge on any atom is -0.299 e. The lowest BCUT2D eigenvalue weighted by molar-refractivity contribution is 0.271. The zero-order valence-electron chi connectivity index (χ0n) is 10.8. The number of hydrogen-bond acceptors (Lipinski definition) is 1. The Morgan fingerprint density at radius 2 is 2.17 bits per heavy atom. The first-order valence-corrected chi connectivity index (χ1v) is 6.78. The number of benzene rings is 1. The number of rotatable bonds is 2. The highest BCUT2D eigenvalue weighted by molar-refractivity contribution is 5.85. The molecule has 1 nitrogen and oxygen atoms in total. The molecule has 1 fully saturated rings. The average Bonchev–Trinajstić information content (AvgIpc) is 2.50. The van der Waals surface area contributed by atoms with Crippen molar-refractivity contribution in [2.75, 3.05) is 19.6 Å². The lowest BCUT2D eigenvalue weighted by Gasteiger charge is -2.29. The van der Waals surface area contributed by atoms with Crippen LogP contribution in [0.3, 0.4) is 0 Å². The van der Waals surface area contributed by atoms with Crippen molar-refractivity contribution in [3.63, 3.8) is 0 Å². The van der Waals surface area contributed by atoms with Crippen LogP contribution in [0.15, 0.2) is 36.9 Å². The minimum atomic E-state index is 0. The SMILES string of the molecule is C=CCN1CCC2CC(Cc3ccccc32)C1.Cl. The first kappa shape index (κ1) is 13.6. The summed E-state index contributed by atoms with van der Waals surface area (Å²) in [5, 5.41) is 0. The zero-order valence-corrected chi connectivity index (χ0v) is 11.7. The van der Waals surface area contributed by atoms with E-state index in [4.69, 9.17) is 0 Å². The van der Waals surface area contributed by atoms with Gasteiger partial charge < -0.3 is 0 Å². The van der Waals surface area contributed by atoms with Gasteiger partial charge in [-0.1, -0.05) is 30.3 Å². The molecule has 2 bridgehead atoms. The maximum Gasteiger partial charge on any atom is 0.0160 e. The summed E-state index contributed by atoms with van der Waals surface area (Å²) in [6, 6.07) is 9.07. The van der Waals surface area contributed by atoms with Crippen molar-refractivity contribution in [2.24, 2.45) is 5.92 Å². The van der Waals surface area contributed by atoms with Crippen molar-refractivity contribution in [1.82, 2.24) is 4.90 Å². The molecule has 0 spiro atoms. The van der Waals surface area contributed by atoms with Crippen LogP contribution in [0.2, 0.25) is 0 Å². The molecular weight excluding hydrogens is 242 g/mol. The Morgan fingerprint density at radius 1 is 1.33 bits per heavy atom. The van der Waals surface area contributed by atoms with Gasteiger partial charge in [0.25, 0.3) is 0 Å². The van der Waals surface area contributed by atoms with E-state index in [0.717, 1.165) is 18.4 Å². The monoisotopic (exact) mass is 263 g/mol. The van der Waals surface area contributed by atoms with E-state index in [0.29, 0.717) is 0 Å². The van der Waals surface area contributed by atoms with Crippen molar-refractivity contribution in [3.8, 4) is 0 Å². The number of halogens is 1. The third-order valence-corrected chi connectivity index (χ3v) is 4.32. The first-order chi connectivity index (χ1) is 8.36. The Hall–Kier alpha value is -0.790. The lowest BCUT2D eigenvalue weighted by Crippen LogP contribution is -2.29. The fourth-order valence-corrected chi connectivity index (χ4v) is 3.60. The Morgan fingerprint density at radius 3 is 3.00 bits per heavy atom. The van der Waals surface area contributed by atoms with E-state index < -0.39 is 0 Å². The summed E-state index contributed by atoms with van der Waals surface area (Å²) in [7, 11) is 0. The molecule has 1 aromatic carbocycles. The molecule has 2 heteroatoms. The molecule has 2 aliphatic rings. The molecule has 0 aromatic heterocycles. The van der Waals surface area contributed by atoms with Crippen LogP contribution in [0, 0.1) is 5.92 Å². The van der Waals surface area contributed by atoms with Crippen molar-refractivity contribution in [3.05, 3.63) is 48.0 Å². The number of fused-ring (bicyclic) bond motifs is 4. The quantitative estimate of drug-likeness (QED) is 0.737. The molecule has 1 aromatic rings. The van der Waals surface area contributed by atoms with Crippen molar-refractivity contribution >= 4 is 12.4 Å². The van der Waals surface area contributed by atoms with Gasteiger partial charge in [0.15, 0.2) is 0 Å². The number of likely N-dealkylation sites (tertiary alicyclic amines) is 1. The standard InChI is InChI=1S/C16H21N.ClH/c1-2-8-17-9-7-15-11-13(12-17)10-14-5-3-4-6-16(14)15;/h2-6,13,15H,1,7-12H2;1H. The maximum absolute atomic E-state index is 3.87. The van der Waals surface area contributed by atoms with E-state index >= 15 is 0 Å². The smallest absolute Gasteiger partial charge is 0.0160 e. The summed E-state index contributed by atoms with van der Waals surface area (Å²) < 4.78 is 0. The fraction of sp³-hybridized carbons (Fsp3) is 0.500. The van der Waals surface area contributed by atoms with E-state index in [2.05, 4.69) is 35.7 Å². The van der Waals surface area contributed by atoms with E-state index in [9.17, 15) is 0 Å². The summed E-state index contributed by atoms with van der Waals surface area (Å²) in [4.78, 5) is 2.57. The van der Waals surface area contributed by atoms with Gasteiger partial charge in [0.2, 0.25) is 0 Å². The van der Waals surface area contributed by atoms with Gasteiger partial charge in [-0.3, -0.25) is 4.90 Å². The van der Waals surface area contributed by atoms with E-state index in [1.807, 2.05) is 6.08 Å². The number of hydrogen-bond donors (Lipinski definition) is 0. The highest BCUT2D eigenvalue weighted by Gasteiger charge is 2.30. The maximum atomic E-state index is 3.87. The van der Waals surface area contributed by atoms with Crippen molar-refractivity contribution in [2.45, 2.75) is 25.2 Å². The Bertz CT molecular complexity index is 415. The molecule has 0 saturated carbocycles. The van der Waals surface area contributed by atoms with Gasteiger partial charge in [-0.05, 0) is 48.8 Å². The molecule has 1 saturated heterocycles. The second-order valence-electron chi connectivity index (χ2n) is 5.54. The molecule has 18 heavy (non-hydrogen) atoms. The van der Waals surface area contributed by atoms with Gasteiger partial charge in [0.1, 0.15) is 0 Å². The first-order valence-electron chi connectivity index (χ1n) is 6.78. The molecule has 98 valence electrons. The van der Waals surface area contributed by atoms with E-state index in [1.54, 1.807) is 11.1 Å². The highest BCUT2D eigenvalue weighted by Crippen LogP contribution is 2.39. The van der Waals surface area contributed by atoms with Crippen LogP contribution in [0.5, 0.6) is 0 Å². The molecule has 2 unspecified atom stereocenters. The predicted molar refractivity (Wildman–Crippen MR) is 79.5 cm³/mol. The van der Waals surface area contributed by atoms with Crippen LogP contribution >= 0.6 is 12.4 Å². The predicted octanol–water partition coefficient (Wildman–Crippen LogP) is 3.65. The van der Waals surface area contributed by atoms with Gasteiger partial charge in [0.05, 0.1) is 0 Å². The van der Waals surface area contributed by atoms with E-state index in [1.165, 1.54) is 32.4 Å². The summed E-state index contributed by atoms with van der Waals surface area (Å²) in [6.45, 7) is 7.42. The van der Waals surface area contributed by atoms with Crippen molar-refractivity contribution < 1.29 is 0 Å². The summed E-state index contributed by atoms with van der Waals surface area (Å²) in [6.07, 6.45) is 6.04. The lowest BCUT2D eigenvalue weighted by atomic mass is 9.76. The third-order valence-electron chi connectivity index (χ3n) is 4.32.